The van der Waals surface area contributed by atoms with E-state index in [1.54, 1.807) is 0 Å². The Morgan fingerprint density at radius 2 is 2.00 bits per heavy atom. The third-order valence-electron chi connectivity index (χ3n) is 4.86. The minimum Gasteiger partial charge on any atom is -0.479 e. The Bertz CT molecular complexity index is 898. The Morgan fingerprint density at radius 1 is 1.28 bits per heavy atom. The third kappa shape index (κ3) is 4.26. The highest BCUT2D eigenvalue weighted by Gasteiger charge is 2.50. The average Bonchev–Trinajstić information content (AvgIpc) is 2.69. The number of aromatic nitrogens is 2. The predicted octanol–water partition coefficient (Wildman–Crippen LogP) is 1.73. The van der Waals surface area contributed by atoms with Gasteiger partial charge in [0.15, 0.2) is 5.60 Å². The van der Waals surface area contributed by atoms with Crippen LogP contribution in [0, 0.1) is 5.82 Å². The molecule has 2 unspecified atom stereocenters. The van der Waals surface area contributed by atoms with Crippen LogP contribution in [0.3, 0.4) is 0 Å². The van der Waals surface area contributed by atoms with Crippen molar-refractivity contribution in [1.29, 1.82) is 0 Å². The third-order valence-corrected chi connectivity index (χ3v) is 4.86. The predicted molar refractivity (Wildman–Crippen MR) is 105 cm³/mol. The summed E-state index contributed by atoms with van der Waals surface area (Å²) in [7, 11) is 3.00. The van der Waals surface area contributed by atoms with E-state index in [0.717, 1.165) is 6.42 Å². The molecule has 2 aromatic rings. The van der Waals surface area contributed by atoms with Crippen LogP contribution in [0.2, 0.25) is 0 Å². The van der Waals surface area contributed by atoms with E-state index in [9.17, 15) is 14.3 Å². The molecule has 9 heteroatoms. The van der Waals surface area contributed by atoms with E-state index >= 15 is 0 Å². The van der Waals surface area contributed by atoms with Crippen LogP contribution >= 0.6 is 0 Å². The molecule has 2 atom stereocenters. The van der Waals surface area contributed by atoms with Crippen LogP contribution in [0.15, 0.2) is 35.1 Å². The van der Waals surface area contributed by atoms with Gasteiger partial charge < -0.3 is 24.6 Å². The van der Waals surface area contributed by atoms with Crippen LogP contribution in [0.1, 0.15) is 24.9 Å². The van der Waals surface area contributed by atoms with E-state index < -0.39 is 23.6 Å². The molecule has 1 aliphatic rings. The average molecular weight is 407 g/mol. The van der Waals surface area contributed by atoms with Crippen molar-refractivity contribution in [2.75, 3.05) is 32.8 Å². The zero-order chi connectivity index (χ0) is 21.0. The first-order chi connectivity index (χ1) is 13.9. The molecule has 0 fully saturated rings. The first kappa shape index (κ1) is 21.2. The van der Waals surface area contributed by atoms with E-state index in [1.807, 2.05) is 6.92 Å². The van der Waals surface area contributed by atoms with Crippen molar-refractivity contribution < 1.29 is 23.7 Å². The lowest BCUT2D eigenvalue weighted by molar-refractivity contribution is -0.142. The summed E-state index contributed by atoms with van der Waals surface area (Å²) in [5, 5.41) is 18.6. The summed E-state index contributed by atoms with van der Waals surface area (Å²) in [6, 6.07) is 6.28. The smallest absolute Gasteiger partial charge is 0.266 e. The van der Waals surface area contributed by atoms with Gasteiger partial charge in [0.2, 0.25) is 0 Å². The number of anilines is 1. The minimum atomic E-state index is -1.20. The summed E-state index contributed by atoms with van der Waals surface area (Å²) >= 11 is 0. The van der Waals surface area contributed by atoms with Crippen LogP contribution in [-0.2, 0) is 16.0 Å². The van der Waals surface area contributed by atoms with Crippen molar-refractivity contribution in [1.82, 2.24) is 9.78 Å². The van der Waals surface area contributed by atoms with E-state index in [4.69, 9.17) is 14.2 Å². The minimum absolute atomic E-state index is 0.0553. The lowest BCUT2D eigenvalue weighted by Crippen LogP contribution is -2.60. The maximum Gasteiger partial charge on any atom is 0.266 e. The molecule has 8 nitrogen and oxygen atoms in total. The molecule has 0 saturated carbocycles. The number of nitrogens with one attached hydrogen (secondary N) is 1. The number of hydrogen-bond donors (Lipinski definition) is 2. The number of fused-ring (bicyclic) bond motifs is 1. The van der Waals surface area contributed by atoms with Crippen LogP contribution in [0.25, 0.3) is 0 Å². The van der Waals surface area contributed by atoms with Gasteiger partial charge in [-0.3, -0.25) is 4.79 Å². The molecule has 0 bridgehead atoms. The Kier molecular flexibility index (Phi) is 6.51. The highest BCUT2D eigenvalue weighted by Crippen LogP contribution is 2.42. The van der Waals surface area contributed by atoms with Gasteiger partial charge in [0.05, 0.1) is 19.3 Å². The molecule has 0 aliphatic carbocycles. The van der Waals surface area contributed by atoms with Crippen molar-refractivity contribution in [2.24, 2.45) is 0 Å². The van der Waals surface area contributed by atoms with Gasteiger partial charge in [-0.1, -0.05) is 6.92 Å². The number of rotatable bonds is 8. The number of methoxy groups -OCH3 is 2. The molecule has 0 amide bonds. The molecule has 0 saturated heterocycles. The van der Waals surface area contributed by atoms with E-state index in [1.165, 1.54) is 49.2 Å². The second kappa shape index (κ2) is 8.89. The fourth-order valence-electron chi connectivity index (χ4n) is 3.58. The summed E-state index contributed by atoms with van der Waals surface area (Å²) in [4.78, 5) is 12.0. The number of halogens is 1. The first-order valence-electron chi connectivity index (χ1n) is 9.43. The molecule has 1 aliphatic heterocycles. The Hall–Kier alpha value is -2.49. The van der Waals surface area contributed by atoms with Gasteiger partial charge in [0.1, 0.15) is 23.5 Å². The van der Waals surface area contributed by atoms with Crippen LogP contribution < -0.4 is 15.6 Å². The highest BCUT2D eigenvalue weighted by molar-refractivity contribution is 5.47. The molecule has 3 rings (SSSR count). The van der Waals surface area contributed by atoms with Crippen molar-refractivity contribution in [3.8, 4) is 5.75 Å². The van der Waals surface area contributed by atoms with Gasteiger partial charge >= 0.3 is 0 Å². The monoisotopic (exact) mass is 407 g/mol. The maximum atomic E-state index is 14.0. The molecule has 0 spiro atoms. The zero-order valence-electron chi connectivity index (χ0n) is 16.7. The largest absolute Gasteiger partial charge is 0.479 e. The van der Waals surface area contributed by atoms with Gasteiger partial charge in [-0.15, -0.1) is 0 Å². The number of ether oxygens (including phenoxy) is 3. The Balaban J connectivity index is 2.04. The second-order valence-electron chi connectivity index (χ2n) is 7.06. The maximum absolute atomic E-state index is 14.0. The second-order valence-corrected chi connectivity index (χ2v) is 7.06. The molecule has 29 heavy (non-hydrogen) atoms. The topological polar surface area (TPSA) is 94.8 Å². The lowest BCUT2D eigenvalue weighted by atomic mass is 9.84. The molecule has 2 heterocycles. The SMILES string of the molecule is CCCn1nc(NC2c3cc(F)ccc3OC(COC)(COC)C2O)ccc1=O. The Labute approximate surface area is 168 Å². The Morgan fingerprint density at radius 3 is 2.66 bits per heavy atom. The normalized spacial score (nSPS) is 20.0. The zero-order valence-corrected chi connectivity index (χ0v) is 16.7. The number of nitrogens with zero attached hydrogens (tertiary/aromatic N) is 2. The summed E-state index contributed by atoms with van der Waals surface area (Å²) in [5.41, 5.74) is -0.982. The fraction of sp³-hybridized carbons (Fsp3) is 0.500. The molecule has 0 radical (unpaired) electrons. The molecule has 158 valence electrons. The molecular formula is C20H26FN3O5. The lowest BCUT2D eigenvalue weighted by Gasteiger charge is -2.45. The number of aliphatic hydroxyl groups excluding tert-OH is 1. The molecule has 1 aromatic carbocycles. The van der Waals surface area contributed by atoms with E-state index in [-0.39, 0.29) is 18.8 Å². The van der Waals surface area contributed by atoms with Gasteiger partial charge in [0.25, 0.3) is 5.56 Å². The van der Waals surface area contributed by atoms with Crippen LogP contribution in [-0.4, -0.2) is 54.0 Å². The quantitative estimate of drug-likeness (QED) is 0.688. The standard InChI is InChI=1S/C20H26FN3O5/c1-4-9-24-17(25)8-7-16(23-24)22-18-14-10-13(21)5-6-15(14)29-20(11-27-2,12-28-3)19(18)26/h5-8,10,18-19,26H,4,9,11-12H2,1-3H3,(H,22,23). The van der Waals surface area contributed by atoms with Gasteiger partial charge in [0, 0.05) is 32.4 Å². The van der Waals surface area contributed by atoms with Gasteiger partial charge in [-0.25, -0.2) is 9.07 Å². The number of aryl methyl sites for hydroxylation is 1. The molecule has 2 N–H and O–H groups in total. The summed E-state index contributed by atoms with van der Waals surface area (Å²) in [6.07, 6.45) is -0.403. The molecule has 1 aromatic heterocycles. The molecular weight excluding hydrogens is 381 g/mol. The fourth-order valence-corrected chi connectivity index (χ4v) is 3.58. The van der Waals surface area contributed by atoms with E-state index in [2.05, 4.69) is 10.4 Å². The summed E-state index contributed by atoms with van der Waals surface area (Å²) in [6.45, 7) is 2.52. The van der Waals surface area contributed by atoms with E-state index in [0.29, 0.717) is 23.7 Å². The van der Waals surface area contributed by atoms with Crippen molar-refractivity contribution in [3.05, 3.63) is 52.1 Å². The number of aliphatic hydroxyl groups is 1. The van der Waals surface area contributed by atoms with Crippen molar-refractivity contribution in [3.63, 3.8) is 0 Å². The summed E-state index contributed by atoms with van der Waals surface area (Å²) in [5.74, 6) is 0.328. The number of benzene rings is 1. The van der Waals surface area contributed by atoms with Crippen LogP contribution in [0.4, 0.5) is 10.2 Å². The first-order valence-corrected chi connectivity index (χ1v) is 9.43. The number of hydrogen-bond acceptors (Lipinski definition) is 7. The van der Waals surface area contributed by atoms with Crippen LogP contribution in [0.5, 0.6) is 5.75 Å². The van der Waals surface area contributed by atoms with Crippen molar-refractivity contribution in [2.45, 2.75) is 37.6 Å². The van der Waals surface area contributed by atoms with Gasteiger partial charge in [-0.05, 0) is 30.7 Å². The summed E-state index contributed by atoms with van der Waals surface area (Å²) < 4.78 is 31.9. The highest BCUT2D eigenvalue weighted by atomic mass is 19.1. The van der Waals surface area contributed by atoms with Crippen molar-refractivity contribution >= 4 is 5.82 Å². The van der Waals surface area contributed by atoms with Gasteiger partial charge in [-0.2, -0.15) is 5.10 Å².